The first-order valence-corrected chi connectivity index (χ1v) is 5.66. The van der Waals surface area contributed by atoms with Crippen LogP contribution in [0.1, 0.15) is 40.0 Å². The zero-order chi connectivity index (χ0) is 11.4. The van der Waals surface area contributed by atoms with E-state index >= 15 is 0 Å². The van der Waals surface area contributed by atoms with E-state index in [1.807, 2.05) is 11.8 Å². The molecule has 0 aromatic carbocycles. The molecule has 1 aliphatic heterocycles. The molecule has 1 N–H and O–H groups in total. The molecule has 4 nitrogen and oxygen atoms in total. The molecule has 2 atom stereocenters. The molecule has 0 aromatic heterocycles. The van der Waals surface area contributed by atoms with Gasteiger partial charge in [0, 0.05) is 19.0 Å². The molecule has 2 amide bonds. The summed E-state index contributed by atoms with van der Waals surface area (Å²) in [4.78, 5) is 25.1. The number of carbonyl (C=O) groups excluding carboxylic acids is 2. The maximum Gasteiger partial charge on any atom is 0.245 e. The van der Waals surface area contributed by atoms with Crippen LogP contribution in [0.15, 0.2) is 0 Å². The molecule has 0 aliphatic carbocycles. The Morgan fingerprint density at radius 2 is 2.07 bits per heavy atom. The van der Waals surface area contributed by atoms with Crippen molar-refractivity contribution in [3.05, 3.63) is 0 Å². The Labute approximate surface area is 91.0 Å². The molecule has 2 unspecified atom stereocenters. The van der Waals surface area contributed by atoms with Gasteiger partial charge in [-0.3, -0.25) is 9.59 Å². The summed E-state index contributed by atoms with van der Waals surface area (Å²) in [6, 6.07) is -0.353. The van der Waals surface area contributed by atoms with Crippen molar-refractivity contribution in [1.82, 2.24) is 10.2 Å². The first kappa shape index (κ1) is 12.0. The second-order valence-corrected chi connectivity index (χ2v) is 4.23. The molecule has 15 heavy (non-hydrogen) atoms. The molecule has 0 radical (unpaired) electrons. The van der Waals surface area contributed by atoms with E-state index < -0.39 is 0 Å². The summed E-state index contributed by atoms with van der Waals surface area (Å²) in [6.45, 7) is 6.54. The zero-order valence-electron chi connectivity index (χ0n) is 9.75. The lowest BCUT2D eigenvalue weighted by molar-refractivity contribution is -0.134. The molecule has 86 valence electrons. The van der Waals surface area contributed by atoms with E-state index in [0.29, 0.717) is 6.42 Å². The highest BCUT2D eigenvalue weighted by Gasteiger charge is 2.30. The summed E-state index contributed by atoms with van der Waals surface area (Å²) in [6.07, 6.45) is 2.48. The van der Waals surface area contributed by atoms with Gasteiger partial charge >= 0.3 is 0 Å². The predicted molar refractivity (Wildman–Crippen MR) is 58.3 cm³/mol. The van der Waals surface area contributed by atoms with Gasteiger partial charge in [0.05, 0.1) is 0 Å². The van der Waals surface area contributed by atoms with Crippen molar-refractivity contribution in [1.29, 1.82) is 0 Å². The molecule has 0 spiro atoms. The smallest absolute Gasteiger partial charge is 0.245 e. The first-order valence-electron chi connectivity index (χ1n) is 5.66. The number of hydrogen-bond donors (Lipinski definition) is 1. The van der Waals surface area contributed by atoms with E-state index in [1.54, 1.807) is 6.92 Å². The Morgan fingerprint density at radius 3 is 2.67 bits per heavy atom. The highest BCUT2D eigenvalue weighted by molar-refractivity contribution is 5.90. The molecule has 0 saturated carbocycles. The molecule has 0 bridgehead atoms. The largest absolute Gasteiger partial charge is 0.345 e. The van der Waals surface area contributed by atoms with Crippen LogP contribution in [0.25, 0.3) is 0 Å². The van der Waals surface area contributed by atoms with Crippen molar-refractivity contribution in [2.45, 2.75) is 52.1 Å². The summed E-state index contributed by atoms with van der Waals surface area (Å²) in [5, 5.41) is 2.70. The van der Waals surface area contributed by atoms with Crippen molar-refractivity contribution < 1.29 is 9.59 Å². The fourth-order valence-electron chi connectivity index (χ4n) is 1.87. The number of hydrogen-bond acceptors (Lipinski definition) is 2. The summed E-state index contributed by atoms with van der Waals surface area (Å²) < 4.78 is 0. The van der Waals surface area contributed by atoms with Crippen LogP contribution >= 0.6 is 0 Å². The normalized spacial score (nSPS) is 27.5. The molecule has 1 fully saturated rings. The molecule has 1 saturated heterocycles. The first-order chi connectivity index (χ1) is 7.06. The average molecular weight is 212 g/mol. The summed E-state index contributed by atoms with van der Waals surface area (Å²) in [5.41, 5.74) is 0. The lowest BCUT2D eigenvalue weighted by Gasteiger charge is -2.27. The average Bonchev–Trinajstić information content (AvgIpc) is 2.24. The zero-order valence-corrected chi connectivity index (χ0v) is 9.75. The maximum absolute atomic E-state index is 11.9. The van der Waals surface area contributed by atoms with Gasteiger partial charge in [-0.1, -0.05) is 13.3 Å². The van der Waals surface area contributed by atoms with E-state index in [-0.39, 0.29) is 23.9 Å². The van der Waals surface area contributed by atoms with Crippen LogP contribution < -0.4 is 5.32 Å². The van der Waals surface area contributed by atoms with E-state index in [1.165, 1.54) is 0 Å². The Bertz CT molecular complexity index is 253. The molecule has 4 heteroatoms. The minimum absolute atomic E-state index is 0.0222. The van der Waals surface area contributed by atoms with Gasteiger partial charge < -0.3 is 10.2 Å². The lowest BCUT2D eigenvalue weighted by atomic mass is 10.2. The number of rotatable bonds is 3. The fourth-order valence-corrected chi connectivity index (χ4v) is 1.87. The van der Waals surface area contributed by atoms with Crippen molar-refractivity contribution in [2.24, 2.45) is 0 Å². The molecule has 1 rings (SSSR count). The number of nitrogens with one attached hydrogen (secondary N) is 1. The molecule has 0 aromatic rings. The third-order valence-corrected chi connectivity index (χ3v) is 2.80. The van der Waals surface area contributed by atoms with Gasteiger partial charge in [0.2, 0.25) is 11.8 Å². The Morgan fingerprint density at radius 1 is 1.40 bits per heavy atom. The Hall–Kier alpha value is -1.06. The van der Waals surface area contributed by atoms with Gasteiger partial charge in [0.1, 0.15) is 6.04 Å². The second kappa shape index (κ2) is 5.14. The topological polar surface area (TPSA) is 49.4 Å². The van der Waals surface area contributed by atoms with E-state index in [9.17, 15) is 9.59 Å². The summed E-state index contributed by atoms with van der Waals surface area (Å²) in [7, 11) is 0. The van der Waals surface area contributed by atoms with Crippen LogP contribution in [-0.2, 0) is 9.59 Å². The van der Waals surface area contributed by atoms with Gasteiger partial charge in [-0.2, -0.15) is 0 Å². The van der Waals surface area contributed by atoms with E-state index in [0.717, 1.165) is 19.4 Å². The highest BCUT2D eigenvalue weighted by Crippen LogP contribution is 2.12. The Balaban J connectivity index is 2.71. The minimum atomic E-state index is -0.376. The van der Waals surface area contributed by atoms with Crippen LogP contribution in [0.4, 0.5) is 0 Å². The quantitative estimate of drug-likeness (QED) is 0.756. The van der Waals surface area contributed by atoms with Gasteiger partial charge in [-0.15, -0.1) is 0 Å². The van der Waals surface area contributed by atoms with Crippen molar-refractivity contribution in [2.75, 3.05) is 6.54 Å². The summed E-state index contributed by atoms with van der Waals surface area (Å²) >= 11 is 0. The standard InChI is InChI=1S/C11H20N2O2/c1-4-5-6-13-8(2)7-10(14)12-9(3)11(13)15/h8-9H,4-7H2,1-3H3,(H,12,14). The molecular formula is C11H20N2O2. The number of unbranched alkanes of at least 4 members (excludes halogenated alkanes) is 1. The van der Waals surface area contributed by atoms with Crippen LogP contribution in [0, 0.1) is 0 Å². The predicted octanol–water partition coefficient (Wildman–Crippen LogP) is 0.912. The van der Waals surface area contributed by atoms with Crippen LogP contribution in [0.2, 0.25) is 0 Å². The molecule has 1 aliphatic rings. The van der Waals surface area contributed by atoms with Gasteiger partial charge in [-0.25, -0.2) is 0 Å². The molecular weight excluding hydrogens is 192 g/mol. The van der Waals surface area contributed by atoms with Crippen molar-refractivity contribution in [3.8, 4) is 0 Å². The molecule has 1 heterocycles. The summed E-state index contributed by atoms with van der Waals surface area (Å²) in [5.74, 6) is 0.0177. The maximum atomic E-state index is 11.9. The SMILES string of the molecule is CCCCN1C(=O)C(C)NC(=O)CC1C. The third kappa shape index (κ3) is 2.94. The third-order valence-electron chi connectivity index (χ3n) is 2.80. The minimum Gasteiger partial charge on any atom is -0.345 e. The fraction of sp³-hybridized carbons (Fsp3) is 0.818. The van der Waals surface area contributed by atoms with Crippen molar-refractivity contribution >= 4 is 11.8 Å². The lowest BCUT2D eigenvalue weighted by Crippen LogP contribution is -2.45. The number of nitrogens with zero attached hydrogens (tertiary/aromatic N) is 1. The van der Waals surface area contributed by atoms with Gasteiger partial charge in [0.25, 0.3) is 0 Å². The van der Waals surface area contributed by atoms with Crippen LogP contribution in [-0.4, -0.2) is 35.3 Å². The monoisotopic (exact) mass is 212 g/mol. The Kier molecular flexibility index (Phi) is 4.12. The van der Waals surface area contributed by atoms with Crippen molar-refractivity contribution in [3.63, 3.8) is 0 Å². The number of amides is 2. The van der Waals surface area contributed by atoms with Crippen LogP contribution in [0.3, 0.4) is 0 Å². The van der Waals surface area contributed by atoms with E-state index in [4.69, 9.17) is 0 Å². The van der Waals surface area contributed by atoms with Crippen LogP contribution in [0.5, 0.6) is 0 Å². The van der Waals surface area contributed by atoms with Gasteiger partial charge in [-0.05, 0) is 20.3 Å². The highest BCUT2D eigenvalue weighted by atomic mass is 16.2. The van der Waals surface area contributed by atoms with E-state index in [2.05, 4.69) is 12.2 Å². The number of carbonyl (C=O) groups is 2. The van der Waals surface area contributed by atoms with Gasteiger partial charge in [0.15, 0.2) is 0 Å². The second-order valence-electron chi connectivity index (χ2n) is 4.23.